The molecule has 0 amide bonds. The zero-order valence-corrected chi connectivity index (χ0v) is 13.6. The van der Waals surface area contributed by atoms with Gasteiger partial charge in [0.1, 0.15) is 5.92 Å². The summed E-state index contributed by atoms with van der Waals surface area (Å²) in [5.74, 6) is 3.92. The number of carbonyl (C=O) groups excluding carboxylic acids is 2. The van der Waals surface area contributed by atoms with Gasteiger partial charge in [-0.3, -0.25) is 9.59 Å². The number of hydrogen-bond acceptors (Lipinski definition) is 5. The molecule has 0 aromatic heterocycles. The quantitative estimate of drug-likeness (QED) is 0.221. The Bertz CT molecular complexity index is 713. The lowest BCUT2D eigenvalue weighted by Crippen LogP contribution is -2.55. The minimum absolute atomic E-state index is 0.361. The summed E-state index contributed by atoms with van der Waals surface area (Å²) in [6.07, 6.45) is 1.81. The van der Waals surface area contributed by atoms with Crippen molar-refractivity contribution in [2.24, 2.45) is 11.8 Å². The second kappa shape index (κ2) is 7.07. The summed E-state index contributed by atoms with van der Waals surface area (Å²) in [4.78, 5) is 26.0. The van der Waals surface area contributed by atoms with Crippen LogP contribution in [0.25, 0.3) is 0 Å². The Hall–Kier alpha value is -2.97. The van der Waals surface area contributed by atoms with Gasteiger partial charge in [-0.2, -0.15) is 5.26 Å². The fourth-order valence-electron chi connectivity index (χ4n) is 2.57. The summed E-state index contributed by atoms with van der Waals surface area (Å²) in [5, 5.41) is 10.0. The van der Waals surface area contributed by atoms with Gasteiger partial charge < -0.3 is 0 Å². The maximum absolute atomic E-state index is 13.0. The predicted molar refractivity (Wildman–Crippen MR) is 90.8 cm³/mol. The Morgan fingerprint density at radius 3 is 1.67 bits per heavy atom. The second-order valence-corrected chi connectivity index (χ2v) is 6.02. The van der Waals surface area contributed by atoms with Crippen LogP contribution in [0.4, 0.5) is 0 Å². The van der Waals surface area contributed by atoms with Crippen molar-refractivity contribution in [1.82, 2.24) is 5.01 Å². The molecular weight excluding hydrogens is 302 g/mol. The number of ketones is 2. The third-order valence-electron chi connectivity index (χ3n) is 4.08. The van der Waals surface area contributed by atoms with Gasteiger partial charge in [-0.1, -0.05) is 60.7 Å². The minimum atomic E-state index is -1.17. The minimum Gasteiger partial charge on any atom is -0.293 e. The predicted octanol–water partition coefficient (Wildman–Crippen LogP) is 2.80. The number of rotatable bonds is 6. The lowest BCUT2D eigenvalue weighted by atomic mass is 9.76. The van der Waals surface area contributed by atoms with Crippen molar-refractivity contribution in [1.29, 1.82) is 5.26 Å². The smallest absolute Gasteiger partial charge is 0.195 e. The third kappa shape index (κ3) is 3.34. The molecule has 0 saturated carbocycles. The molecule has 0 aliphatic carbocycles. The van der Waals surface area contributed by atoms with Crippen LogP contribution in [0.5, 0.6) is 0 Å². The fourth-order valence-corrected chi connectivity index (χ4v) is 2.57. The molecule has 0 unspecified atom stereocenters. The molecule has 0 spiro atoms. The molecule has 0 atom stereocenters. The summed E-state index contributed by atoms with van der Waals surface area (Å²) >= 11 is 0. The first kappa shape index (κ1) is 17.4. The Morgan fingerprint density at radius 2 is 1.33 bits per heavy atom. The van der Waals surface area contributed by atoms with Crippen LogP contribution in [0.1, 0.15) is 34.6 Å². The van der Waals surface area contributed by atoms with Gasteiger partial charge in [0.15, 0.2) is 17.8 Å². The average molecular weight is 321 g/mol. The van der Waals surface area contributed by atoms with Crippen molar-refractivity contribution < 1.29 is 9.59 Å². The van der Waals surface area contributed by atoms with E-state index in [4.69, 9.17) is 11.1 Å². The van der Waals surface area contributed by atoms with Gasteiger partial charge in [-0.05, 0) is 13.8 Å². The molecule has 5 nitrogen and oxygen atoms in total. The van der Waals surface area contributed by atoms with Crippen LogP contribution in [0.2, 0.25) is 0 Å². The van der Waals surface area contributed by atoms with Gasteiger partial charge in [-0.25, -0.2) is 10.9 Å². The molecule has 0 fully saturated rings. The second-order valence-electron chi connectivity index (χ2n) is 6.02. The number of nitriles is 1. The van der Waals surface area contributed by atoms with E-state index >= 15 is 0 Å². The molecule has 0 aliphatic rings. The summed E-state index contributed by atoms with van der Waals surface area (Å²) in [6.45, 7) is 3.23. The highest BCUT2D eigenvalue weighted by molar-refractivity contribution is 6.17. The number of hydrogen-bond donors (Lipinski definition) is 1. The lowest BCUT2D eigenvalue weighted by Gasteiger charge is -2.36. The molecule has 0 radical (unpaired) electrons. The van der Waals surface area contributed by atoms with E-state index in [0.717, 1.165) is 5.01 Å². The molecule has 0 aliphatic heterocycles. The van der Waals surface area contributed by atoms with Crippen molar-refractivity contribution in [3.63, 3.8) is 0 Å². The Labute approximate surface area is 141 Å². The van der Waals surface area contributed by atoms with Gasteiger partial charge in [0.25, 0.3) is 0 Å². The molecular formula is C19H19N3O2. The number of Topliss-reactive ketones (excluding diaryl/α,β-unsaturated/α-hetero) is 2. The average Bonchev–Trinajstić information content (AvgIpc) is 2.62. The third-order valence-corrected chi connectivity index (χ3v) is 4.08. The van der Waals surface area contributed by atoms with Crippen LogP contribution in [-0.2, 0) is 0 Å². The SMILES string of the molecule is CC(C)(C(C(=O)c1ccccc1)C(=O)c1ccccc1)N(N)C#N. The molecule has 24 heavy (non-hydrogen) atoms. The first-order valence-corrected chi connectivity index (χ1v) is 7.52. The van der Waals surface area contributed by atoms with Crippen LogP contribution in [-0.4, -0.2) is 22.1 Å². The summed E-state index contributed by atoms with van der Waals surface area (Å²) in [7, 11) is 0. The van der Waals surface area contributed by atoms with Gasteiger partial charge in [0, 0.05) is 11.1 Å². The van der Waals surface area contributed by atoms with E-state index in [1.54, 1.807) is 80.7 Å². The number of benzene rings is 2. The number of nitrogens with two attached hydrogens (primary N) is 1. The lowest BCUT2D eigenvalue weighted by molar-refractivity contribution is 0.0588. The summed E-state index contributed by atoms with van der Waals surface area (Å²) in [5.41, 5.74) is -0.355. The molecule has 0 bridgehead atoms. The van der Waals surface area contributed by atoms with E-state index in [1.807, 2.05) is 0 Å². The molecule has 5 heteroatoms. The van der Waals surface area contributed by atoms with Crippen molar-refractivity contribution in [3.8, 4) is 6.19 Å². The Balaban J connectivity index is 2.52. The summed E-state index contributed by atoms with van der Waals surface area (Å²) < 4.78 is 0. The monoisotopic (exact) mass is 321 g/mol. The largest absolute Gasteiger partial charge is 0.293 e. The molecule has 2 aromatic carbocycles. The van der Waals surface area contributed by atoms with E-state index in [0.29, 0.717) is 11.1 Å². The maximum Gasteiger partial charge on any atom is 0.195 e. The molecule has 2 rings (SSSR count). The van der Waals surface area contributed by atoms with Crippen molar-refractivity contribution in [2.75, 3.05) is 0 Å². The van der Waals surface area contributed by atoms with Crippen LogP contribution in [0.3, 0.4) is 0 Å². The molecule has 2 aromatic rings. The van der Waals surface area contributed by atoms with E-state index in [1.165, 1.54) is 0 Å². The first-order chi connectivity index (χ1) is 11.4. The van der Waals surface area contributed by atoms with Gasteiger partial charge in [0.2, 0.25) is 0 Å². The fraction of sp³-hybridized carbons (Fsp3) is 0.211. The standard InChI is InChI=1S/C19H19N3O2/c1-19(2,22(21)13-20)16(17(23)14-9-5-3-6-10-14)18(24)15-11-7-4-8-12-15/h3-12,16H,21H2,1-2H3. The zero-order chi connectivity index (χ0) is 17.7. The first-order valence-electron chi connectivity index (χ1n) is 7.52. The molecule has 0 saturated heterocycles. The van der Waals surface area contributed by atoms with Crippen LogP contribution in [0.15, 0.2) is 60.7 Å². The van der Waals surface area contributed by atoms with E-state index in [-0.39, 0.29) is 11.6 Å². The Kier molecular flexibility index (Phi) is 5.12. The normalized spacial score (nSPS) is 11.0. The van der Waals surface area contributed by atoms with E-state index in [9.17, 15) is 9.59 Å². The number of carbonyl (C=O) groups is 2. The summed E-state index contributed by atoms with van der Waals surface area (Å²) in [6, 6.07) is 17.1. The maximum atomic E-state index is 13.0. The van der Waals surface area contributed by atoms with Gasteiger partial charge in [0.05, 0.1) is 5.54 Å². The van der Waals surface area contributed by atoms with E-state index in [2.05, 4.69) is 0 Å². The van der Waals surface area contributed by atoms with Crippen molar-refractivity contribution >= 4 is 11.6 Å². The Morgan fingerprint density at radius 1 is 0.958 bits per heavy atom. The van der Waals surface area contributed by atoms with E-state index < -0.39 is 11.5 Å². The number of hydrazine groups is 1. The molecule has 0 heterocycles. The number of nitrogens with zero attached hydrogens (tertiary/aromatic N) is 2. The van der Waals surface area contributed by atoms with Crippen molar-refractivity contribution in [3.05, 3.63) is 71.8 Å². The van der Waals surface area contributed by atoms with Gasteiger partial charge in [-0.15, -0.1) is 0 Å². The van der Waals surface area contributed by atoms with Crippen LogP contribution in [0, 0.1) is 17.4 Å². The molecule has 122 valence electrons. The zero-order valence-electron chi connectivity index (χ0n) is 13.6. The van der Waals surface area contributed by atoms with Crippen LogP contribution >= 0.6 is 0 Å². The topological polar surface area (TPSA) is 87.2 Å². The molecule has 2 N–H and O–H groups in total. The van der Waals surface area contributed by atoms with Crippen molar-refractivity contribution in [2.45, 2.75) is 19.4 Å². The highest BCUT2D eigenvalue weighted by Gasteiger charge is 2.44. The van der Waals surface area contributed by atoms with Gasteiger partial charge >= 0.3 is 0 Å². The highest BCUT2D eigenvalue weighted by atomic mass is 16.2. The highest BCUT2D eigenvalue weighted by Crippen LogP contribution is 2.29. The van der Waals surface area contributed by atoms with Crippen LogP contribution < -0.4 is 5.84 Å².